The Hall–Kier alpha value is -1.71. The van der Waals surface area contributed by atoms with Gasteiger partial charge in [0.25, 0.3) is 5.91 Å². The molecule has 1 saturated heterocycles. The smallest absolute Gasteiger partial charge is 0.263 e. The fraction of sp³-hybridized carbons (Fsp3) is 0.533. The van der Waals surface area contributed by atoms with Crippen LogP contribution >= 0.6 is 0 Å². The maximum Gasteiger partial charge on any atom is 0.263 e. The summed E-state index contributed by atoms with van der Waals surface area (Å²) in [6.45, 7) is 3.69. The van der Waals surface area contributed by atoms with Crippen molar-refractivity contribution in [1.29, 1.82) is 0 Å². The van der Waals surface area contributed by atoms with Gasteiger partial charge in [-0.1, -0.05) is 13.0 Å². The van der Waals surface area contributed by atoms with Gasteiger partial charge >= 0.3 is 0 Å². The number of hydrogen-bond donors (Lipinski definition) is 0. The molecule has 0 bridgehead atoms. The Morgan fingerprint density at radius 3 is 2.63 bits per heavy atom. The number of rotatable bonds is 5. The molecule has 1 aliphatic rings. The lowest BCUT2D eigenvalue weighted by Gasteiger charge is -2.23. The molecule has 0 aromatic heterocycles. The van der Waals surface area contributed by atoms with E-state index < -0.39 is 6.10 Å². The van der Waals surface area contributed by atoms with Gasteiger partial charge in [0, 0.05) is 19.2 Å². The normalized spacial score (nSPS) is 16.2. The van der Waals surface area contributed by atoms with Gasteiger partial charge in [-0.15, -0.1) is 0 Å². The van der Waals surface area contributed by atoms with Crippen LogP contribution in [0.5, 0.6) is 11.5 Å². The molecule has 1 aromatic carbocycles. The van der Waals surface area contributed by atoms with E-state index in [4.69, 9.17) is 9.47 Å². The predicted molar refractivity (Wildman–Crippen MR) is 73.5 cm³/mol. The van der Waals surface area contributed by atoms with Crippen molar-refractivity contribution in [1.82, 2.24) is 4.90 Å². The summed E-state index contributed by atoms with van der Waals surface area (Å²) in [4.78, 5) is 14.2. The van der Waals surface area contributed by atoms with E-state index in [1.54, 1.807) is 13.2 Å². The molecule has 1 fully saturated rings. The van der Waals surface area contributed by atoms with Crippen molar-refractivity contribution >= 4 is 5.91 Å². The van der Waals surface area contributed by atoms with Gasteiger partial charge < -0.3 is 14.4 Å². The number of methoxy groups -OCH3 is 1. The van der Waals surface area contributed by atoms with Crippen molar-refractivity contribution in [3.63, 3.8) is 0 Å². The number of carbonyl (C=O) groups is 1. The summed E-state index contributed by atoms with van der Waals surface area (Å²) < 4.78 is 11.0. The van der Waals surface area contributed by atoms with E-state index >= 15 is 0 Å². The van der Waals surface area contributed by atoms with E-state index in [9.17, 15) is 4.79 Å². The van der Waals surface area contributed by atoms with Crippen molar-refractivity contribution in [3.8, 4) is 11.5 Å². The largest absolute Gasteiger partial charge is 0.497 e. The molecule has 1 unspecified atom stereocenters. The molecule has 0 aliphatic carbocycles. The van der Waals surface area contributed by atoms with Gasteiger partial charge in [0.2, 0.25) is 0 Å². The maximum absolute atomic E-state index is 12.3. The second-order valence-electron chi connectivity index (χ2n) is 4.73. The Morgan fingerprint density at radius 1 is 1.32 bits per heavy atom. The average molecular weight is 263 g/mol. The highest BCUT2D eigenvalue weighted by molar-refractivity contribution is 5.81. The Bertz CT molecular complexity index is 427. The number of amides is 1. The van der Waals surface area contributed by atoms with Crippen molar-refractivity contribution in [2.24, 2.45) is 0 Å². The summed E-state index contributed by atoms with van der Waals surface area (Å²) in [5.41, 5.74) is 0. The molecule has 1 amide bonds. The van der Waals surface area contributed by atoms with E-state index in [0.717, 1.165) is 31.7 Å². The topological polar surface area (TPSA) is 38.8 Å². The van der Waals surface area contributed by atoms with Gasteiger partial charge in [-0.05, 0) is 31.4 Å². The summed E-state index contributed by atoms with van der Waals surface area (Å²) in [6.07, 6.45) is 2.47. The number of likely N-dealkylation sites (tertiary alicyclic amines) is 1. The molecule has 0 saturated carbocycles. The lowest BCUT2D eigenvalue weighted by Crippen LogP contribution is -2.40. The molecular formula is C15H21NO3. The van der Waals surface area contributed by atoms with Crippen LogP contribution in [0.4, 0.5) is 0 Å². The van der Waals surface area contributed by atoms with Crippen LogP contribution in [0.1, 0.15) is 26.2 Å². The first kappa shape index (κ1) is 13.7. The van der Waals surface area contributed by atoms with E-state index in [1.165, 1.54) is 0 Å². The summed E-state index contributed by atoms with van der Waals surface area (Å²) in [5.74, 6) is 1.52. The van der Waals surface area contributed by atoms with Crippen molar-refractivity contribution in [3.05, 3.63) is 24.3 Å². The zero-order valence-corrected chi connectivity index (χ0v) is 11.6. The third-order valence-corrected chi connectivity index (χ3v) is 3.38. The highest BCUT2D eigenvalue weighted by Crippen LogP contribution is 2.22. The van der Waals surface area contributed by atoms with Crippen molar-refractivity contribution in [2.45, 2.75) is 32.3 Å². The Kier molecular flexibility index (Phi) is 4.66. The molecule has 0 radical (unpaired) electrons. The lowest BCUT2D eigenvalue weighted by molar-refractivity contribution is -0.137. The number of ether oxygens (including phenoxy) is 2. The first-order chi connectivity index (χ1) is 9.24. The van der Waals surface area contributed by atoms with E-state index in [2.05, 4.69) is 0 Å². The van der Waals surface area contributed by atoms with Crippen LogP contribution in [0.2, 0.25) is 0 Å². The van der Waals surface area contributed by atoms with Gasteiger partial charge in [-0.3, -0.25) is 4.79 Å². The molecule has 1 aromatic rings. The van der Waals surface area contributed by atoms with E-state index in [0.29, 0.717) is 12.2 Å². The Balaban J connectivity index is 2.03. The minimum atomic E-state index is -0.398. The quantitative estimate of drug-likeness (QED) is 0.819. The molecule has 4 nitrogen and oxygen atoms in total. The highest BCUT2D eigenvalue weighted by atomic mass is 16.5. The van der Waals surface area contributed by atoms with Crippen LogP contribution in [-0.4, -0.2) is 37.1 Å². The number of carbonyl (C=O) groups excluding carboxylic acids is 1. The summed E-state index contributed by atoms with van der Waals surface area (Å²) in [5, 5.41) is 0. The second-order valence-corrected chi connectivity index (χ2v) is 4.73. The molecule has 1 heterocycles. The third kappa shape index (κ3) is 3.40. The molecule has 0 N–H and O–H groups in total. The fourth-order valence-corrected chi connectivity index (χ4v) is 2.29. The Labute approximate surface area is 114 Å². The van der Waals surface area contributed by atoms with Crippen LogP contribution in [0.25, 0.3) is 0 Å². The van der Waals surface area contributed by atoms with Gasteiger partial charge in [-0.25, -0.2) is 0 Å². The molecule has 104 valence electrons. The molecule has 19 heavy (non-hydrogen) atoms. The first-order valence-electron chi connectivity index (χ1n) is 6.84. The lowest BCUT2D eigenvalue weighted by atomic mass is 10.2. The first-order valence-corrected chi connectivity index (χ1v) is 6.84. The maximum atomic E-state index is 12.3. The summed E-state index contributed by atoms with van der Waals surface area (Å²) in [7, 11) is 1.62. The van der Waals surface area contributed by atoms with Crippen molar-refractivity contribution < 1.29 is 14.3 Å². The minimum absolute atomic E-state index is 0.0998. The fourth-order valence-electron chi connectivity index (χ4n) is 2.29. The molecule has 0 spiro atoms. The van der Waals surface area contributed by atoms with Gasteiger partial charge in [0.15, 0.2) is 6.10 Å². The van der Waals surface area contributed by atoms with E-state index in [-0.39, 0.29) is 5.91 Å². The number of nitrogens with zero attached hydrogens (tertiary/aromatic N) is 1. The average Bonchev–Trinajstić information content (AvgIpc) is 2.98. The minimum Gasteiger partial charge on any atom is -0.497 e. The summed E-state index contributed by atoms with van der Waals surface area (Å²) in [6, 6.07) is 7.37. The van der Waals surface area contributed by atoms with Gasteiger partial charge in [0.05, 0.1) is 7.11 Å². The monoisotopic (exact) mass is 263 g/mol. The molecule has 2 rings (SSSR count). The van der Waals surface area contributed by atoms with Crippen LogP contribution in [0.15, 0.2) is 24.3 Å². The van der Waals surface area contributed by atoms with Crippen LogP contribution in [0, 0.1) is 0 Å². The zero-order chi connectivity index (χ0) is 13.7. The molecule has 1 aliphatic heterocycles. The Morgan fingerprint density at radius 2 is 2.00 bits per heavy atom. The van der Waals surface area contributed by atoms with Crippen LogP contribution in [0.3, 0.4) is 0 Å². The molecule has 1 atom stereocenters. The third-order valence-electron chi connectivity index (χ3n) is 3.38. The molecular weight excluding hydrogens is 242 g/mol. The number of benzene rings is 1. The molecule has 4 heteroatoms. The predicted octanol–water partition coefficient (Wildman–Crippen LogP) is 2.48. The van der Waals surface area contributed by atoms with Crippen LogP contribution in [-0.2, 0) is 4.79 Å². The van der Waals surface area contributed by atoms with Gasteiger partial charge in [0.1, 0.15) is 11.5 Å². The van der Waals surface area contributed by atoms with Crippen LogP contribution < -0.4 is 9.47 Å². The zero-order valence-electron chi connectivity index (χ0n) is 11.6. The summed E-state index contributed by atoms with van der Waals surface area (Å²) >= 11 is 0. The second kappa shape index (κ2) is 6.45. The highest BCUT2D eigenvalue weighted by Gasteiger charge is 2.26. The van der Waals surface area contributed by atoms with E-state index in [1.807, 2.05) is 30.0 Å². The number of hydrogen-bond acceptors (Lipinski definition) is 3. The van der Waals surface area contributed by atoms with Gasteiger partial charge in [-0.2, -0.15) is 0 Å². The SMILES string of the molecule is CCC(Oc1cccc(OC)c1)C(=O)N1CCCC1. The van der Waals surface area contributed by atoms with Crippen molar-refractivity contribution in [2.75, 3.05) is 20.2 Å². The standard InChI is InChI=1S/C15H21NO3/c1-3-14(15(17)16-9-4-5-10-16)19-13-8-6-7-12(11-13)18-2/h6-8,11,14H,3-5,9-10H2,1-2H3.